The van der Waals surface area contributed by atoms with Gasteiger partial charge in [0.15, 0.2) is 0 Å². The van der Waals surface area contributed by atoms with E-state index in [2.05, 4.69) is 24.4 Å². The normalized spacial score (nSPS) is 14.7. The Balaban J connectivity index is 2.60. The first kappa shape index (κ1) is 14.0. The molecule has 0 fully saturated rings. The van der Waals surface area contributed by atoms with Crippen molar-refractivity contribution in [1.29, 1.82) is 0 Å². The summed E-state index contributed by atoms with van der Waals surface area (Å²) >= 11 is 0. The van der Waals surface area contributed by atoms with Gasteiger partial charge in [-0.2, -0.15) is 0 Å². The Morgan fingerprint density at radius 2 is 1.71 bits per heavy atom. The summed E-state index contributed by atoms with van der Waals surface area (Å²) in [6.07, 6.45) is 0.200. The topological polar surface area (TPSA) is 41.5 Å². The fourth-order valence-corrected chi connectivity index (χ4v) is 1.68. The molecule has 0 bridgehead atoms. The first-order valence-corrected chi connectivity index (χ1v) is 6.16. The van der Waals surface area contributed by atoms with Crippen molar-refractivity contribution in [3.05, 3.63) is 29.8 Å². The SMILES string of the molecule is CC(CO)NC(C)c1ccc(OC(C)C)cc1. The zero-order valence-corrected chi connectivity index (χ0v) is 11.1. The molecule has 1 aromatic rings. The Labute approximate surface area is 104 Å². The van der Waals surface area contributed by atoms with Crippen LogP contribution < -0.4 is 10.1 Å². The molecule has 3 heteroatoms. The van der Waals surface area contributed by atoms with Gasteiger partial charge in [-0.3, -0.25) is 0 Å². The van der Waals surface area contributed by atoms with E-state index >= 15 is 0 Å². The molecule has 0 spiro atoms. The molecule has 0 saturated heterocycles. The molecule has 1 rings (SSSR count). The van der Waals surface area contributed by atoms with E-state index in [1.54, 1.807) is 0 Å². The minimum absolute atomic E-state index is 0.108. The monoisotopic (exact) mass is 237 g/mol. The highest BCUT2D eigenvalue weighted by Crippen LogP contribution is 2.18. The highest BCUT2D eigenvalue weighted by Gasteiger charge is 2.08. The average Bonchev–Trinajstić information content (AvgIpc) is 2.28. The van der Waals surface area contributed by atoms with Crippen molar-refractivity contribution in [3.8, 4) is 5.75 Å². The lowest BCUT2D eigenvalue weighted by molar-refractivity contribution is 0.240. The fourth-order valence-electron chi connectivity index (χ4n) is 1.68. The Kier molecular flexibility index (Phi) is 5.45. The Morgan fingerprint density at radius 1 is 1.12 bits per heavy atom. The van der Waals surface area contributed by atoms with Gasteiger partial charge in [0.25, 0.3) is 0 Å². The van der Waals surface area contributed by atoms with Crippen LogP contribution in [0.5, 0.6) is 5.75 Å². The fraction of sp³-hybridized carbons (Fsp3) is 0.571. The third-order valence-corrected chi connectivity index (χ3v) is 2.56. The molecule has 2 N–H and O–H groups in total. The molecule has 3 nitrogen and oxygen atoms in total. The predicted octanol–water partition coefficient (Wildman–Crippen LogP) is 2.51. The van der Waals surface area contributed by atoms with Crippen LogP contribution in [0.3, 0.4) is 0 Å². The maximum atomic E-state index is 8.99. The molecule has 0 amide bonds. The van der Waals surface area contributed by atoms with Crippen LogP contribution in [0.2, 0.25) is 0 Å². The first-order chi connectivity index (χ1) is 8.02. The minimum Gasteiger partial charge on any atom is -0.491 e. The van der Waals surface area contributed by atoms with E-state index < -0.39 is 0 Å². The quantitative estimate of drug-likeness (QED) is 0.798. The van der Waals surface area contributed by atoms with Gasteiger partial charge in [0, 0.05) is 12.1 Å². The number of ether oxygens (including phenoxy) is 1. The lowest BCUT2D eigenvalue weighted by Crippen LogP contribution is -2.31. The molecular weight excluding hydrogens is 214 g/mol. The van der Waals surface area contributed by atoms with E-state index in [9.17, 15) is 0 Å². The van der Waals surface area contributed by atoms with Crippen LogP contribution in [-0.2, 0) is 0 Å². The number of benzene rings is 1. The summed E-state index contributed by atoms with van der Waals surface area (Å²) in [4.78, 5) is 0. The predicted molar refractivity (Wildman–Crippen MR) is 70.3 cm³/mol. The molecule has 0 heterocycles. The van der Waals surface area contributed by atoms with Crippen molar-refractivity contribution in [3.63, 3.8) is 0 Å². The van der Waals surface area contributed by atoms with Crippen molar-refractivity contribution >= 4 is 0 Å². The third-order valence-electron chi connectivity index (χ3n) is 2.56. The van der Waals surface area contributed by atoms with Gasteiger partial charge >= 0.3 is 0 Å². The molecule has 17 heavy (non-hydrogen) atoms. The van der Waals surface area contributed by atoms with Crippen LogP contribution in [0, 0.1) is 0 Å². The van der Waals surface area contributed by atoms with Gasteiger partial charge in [-0.25, -0.2) is 0 Å². The van der Waals surface area contributed by atoms with Crippen LogP contribution in [0.25, 0.3) is 0 Å². The van der Waals surface area contributed by atoms with Gasteiger partial charge in [0.1, 0.15) is 5.75 Å². The number of aliphatic hydroxyl groups excluding tert-OH is 1. The second kappa shape index (κ2) is 6.62. The first-order valence-electron chi connectivity index (χ1n) is 6.16. The van der Waals surface area contributed by atoms with E-state index in [0.29, 0.717) is 0 Å². The van der Waals surface area contributed by atoms with Crippen LogP contribution in [0.4, 0.5) is 0 Å². The highest BCUT2D eigenvalue weighted by molar-refractivity contribution is 5.29. The Morgan fingerprint density at radius 3 is 2.18 bits per heavy atom. The standard InChI is InChI=1S/C14H23NO2/c1-10(2)17-14-7-5-13(6-8-14)12(4)15-11(3)9-16/h5-8,10-12,15-16H,9H2,1-4H3. The molecule has 0 aromatic heterocycles. The number of hydrogen-bond acceptors (Lipinski definition) is 3. The van der Waals surface area contributed by atoms with E-state index in [1.807, 2.05) is 32.9 Å². The maximum absolute atomic E-state index is 8.99. The van der Waals surface area contributed by atoms with Crippen LogP contribution in [-0.4, -0.2) is 23.9 Å². The second-order valence-corrected chi connectivity index (χ2v) is 4.71. The molecule has 0 radical (unpaired) electrons. The summed E-state index contributed by atoms with van der Waals surface area (Å²) < 4.78 is 5.59. The summed E-state index contributed by atoms with van der Waals surface area (Å²) in [5.41, 5.74) is 1.20. The molecular formula is C14H23NO2. The molecule has 2 unspecified atom stereocenters. The molecule has 1 aromatic carbocycles. The lowest BCUT2D eigenvalue weighted by atomic mass is 10.1. The summed E-state index contributed by atoms with van der Waals surface area (Å²) in [5.74, 6) is 0.895. The van der Waals surface area contributed by atoms with Crippen molar-refractivity contribution < 1.29 is 9.84 Å². The summed E-state index contributed by atoms with van der Waals surface area (Å²) in [6.45, 7) is 8.23. The van der Waals surface area contributed by atoms with Crippen molar-refractivity contribution in [1.82, 2.24) is 5.32 Å². The largest absolute Gasteiger partial charge is 0.491 e. The summed E-state index contributed by atoms with van der Waals surface area (Å²) in [6, 6.07) is 8.41. The van der Waals surface area contributed by atoms with Gasteiger partial charge in [0.05, 0.1) is 12.7 Å². The zero-order chi connectivity index (χ0) is 12.8. The molecule has 0 aliphatic rings. The van der Waals surface area contributed by atoms with Crippen LogP contribution >= 0.6 is 0 Å². The van der Waals surface area contributed by atoms with E-state index in [4.69, 9.17) is 9.84 Å². The highest BCUT2D eigenvalue weighted by atomic mass is 16.5. The Bertz CT molecular complexity index is 321. The number of aliphatic hydroxyl groups is 1. The smallest absolute Gasteiger partial charge is 0.119 e. The number of hydrogen-bond donors (Lipinski definition) is 2. The maximum Gasteiger partial charge on any atom is 0.119 e. The second-order valence-electron chi connectivity index (χ2n) is 4.71. The minimum atomic E-state index is 0.108. The number of nitrogens with one attached hydrogen (secondary N) is 1. The molecule has 96 valence electrons. The molecule has 2 atom stereocenters. The van der Waals surface area contributed by atoms with Gasteiger partial charge in [-0.15, -0.1) is 0 Å². The number of rotatable bonds is 6. The average molecular weight is 237 g/mol. The Hall–Kier alpha value is -1.06. The van der Waals surface area contributed by atoms with E-state index in [-0.39, 0.29) is 24.8 Å². The van der Waals surface area contributed by atoms with Crippen LogP contribution in [0.15, 0.2) is 24.3 Å². The van der Waals surface area contributed by atoms with Crippen LogP contribution in [0.1, 0.15) is 39.3 Å². The molecule has 0 saturated carbocycles. The molecule has 0 aliphatic carbocycles. The van der Waals surface area contributed by atoms with Gasteiger partial charge in [0.2, 0.25) is 0 Å². The summed E-state index contributed by atoms with van der Waals surface area (Å²) in [5, 5.41) is 12.3. The third kappa shape index (κ3) is 4.75. The van der Waals surface area contributed by atoms with Gasteiger partial charge < -0.3 is 15.2 Å². The van der Waals surface area contributed by atoms with Crippen molar-refractivity contribution in [2.75, 3.05) is 6.61 Å². The van der Waals surface area contributed by atoms with E-state index in [0.717, 1.165) is 5.75 Å². The van der Waals surface area contributed by atoms with E-state index in [1.165, 1.54) is 5.56 Å². The summed E-state index contributed by atoms with van der Waals surface area (Å²) in [7, 11) is 0. The van der Waals surface area contributed by atoms with Gasteiger partial charge in [-0.05, 0) is 45.4 Å². The van der Waals surface area contributed by atoms with Gasteiger partial charge in [-0.1, -0.05) is 12.1 Å². The zero-order valence-electron chi connectivity index (χ0n) is 11.1. The van der Waals surface area contributed by atoms with Crippen molar-refractivity contribution in [2.24, 2.45) is 0 Å². The molecule has 0 aliphatic heterocycles. The lowest BCUT2D eigenvalue weighted by Gasteiger charge is -2.19. The van der Waals surface area contributed by atoms with Crippen molar-refractivity contribution in [2.45, 2.75) is 45.9 Å².